The molecule has 4 rings (SSSR count). The minimum atomic E-state index is -3.80. The Hall–Kier alpha value is -2.22. The number of rotatable bonds is 8. The van der Waals surface area contributed by atoms with E-state index in [2.05, 4.69) is 5.32 Å². The summed E-state index contributed by atoms with van der Waals surface area (Å²) < 4.78 is 28.6. The quantitative estimate of drug-likeness (QED) is 0.598. The molecule has 2 aliphatic rings. The summed E-state index contributed by atoms with van der Waals surface area (Å²) >= 11 is 0. The normalized spacial score (nSPS) is 19.1. The second kappa shape index (κ2) is 11.7. The van der Waals surface area contributed by atoms with Gasteiger partial charge in [0.1, 0.15) is 0 Å². The zero-order valence-electron chi connectivity index (χ0n) is 21.0. The number of carbonyl (C=O) groups is 1. The Morgan fingerprint density at radius 2 is 1.57 bits per heavy atom. The topological polar surface area (TPSA) is 69.7 Å². The molecule has 1 unspecified atom stereocenters. The second-order valence-corrected chi connectivity index (χ2v) is 12.1. The van der Waals surface area contributed by atoms with Gasteiger partial charge in [-0.15, -0.1) is 0 Å². The van der Waals surface area contributed by atoms with Gasteiger partial charge in [-0.2, -0.15) is 4.31 Å². The first-order chi connectivity index (χ1) is 16.9. The summed E-state index contributed by atoms with van der Waals surface area (Å²) in [5, 5.41) is 3.43. The number of aryl methyl sites for hydroxylation is 1. The molecule has 0 spiro atoms. The van der Waals surface area contributed by atoms with Crippen molar-refractivity contribution in [2.24, 2.45) is 11.8 Å². The molecule has 2 aliphatic heterocycles. The Kier molecular flexibility index (Phi) is 8.63. The number of sulfonamides is 1. The third-order valence-corrected chi connectivity index (χ3v) is 9.66. The first-order valence-electron chi connectivity index (χ1n) is 13.0. The monoisotopic (exact) mass is 497 g/mol. The van der Waals surface area contributed by atoms with Gasteiger partial charge in [-0.05, 0) is 86.7 Å². The van der Waals surface area contributed by atoms with Crippen LogP contribution in [0.5, 0.6) is 0 Å². The van der Waals surface area contributed by atoms with Crippen molar-refractivity contribution in [3.63, 3.8) is 0 Å². The second-order valence-electron chi connectivity index (χ2n) is 10.2. The van der Waals surface area contributed by atoms with Crippen molar-refractivity contribution >= 4 is 15.9 Å². The highest BCUT2D eigenvalue weighted by molar-refractivity contribution is 7.89. The van der Waals surface area contributed by atoms with Crippen molar-refractivity contribution in [2.45, 2.75) is 50.3 Å². The van der Waals surface area contributed by atoms with Crippen LogP contribution < -0.4 is 5.32 Å². The van der Waals surface area contributed by atoms with E-state index in [4.69, 9.17) is 0 Å². The van der Waals surface area contributed by atoms with Crippen LogP contribution in [0.1, 0.15) is 49.7 Å². The van der Waals surface area contributed by atoms with Crippen LogP contribution in [-0.4, -0.2) is 62.8 Å². The molecule has 190 valence electrons. The highest BCUT2D eigenvalue weighted by Crippen LogP contribution is 2.31. The molecule has 0 saturated carbocycles. The van der Waals surface area contributed by atoms with Gasteiger partial charge in [0.05, 0.1) is 11.4 Å². The molecular formula is C28H39N3O3S. The van der Waals surface area contributed by atoms with E-state index in [0.29, 0.717) is 5.92 Å². The Labute approximate surface area is 210 Å². The molecule has 35 heavy (non-hydrogen) atoms. The van der Waals surface area contributed by atoms with Crippen LogP contribution in [0.2, 0.25) is 0 Å². The average Bonchev–Trinajstić information content (AvgIpc) is 2.89. The lowest BCUT2D eigenvalue weighted by atomic mass is 9.79. The highest BCUT2D eigenvalue weighted by atomic mass is 32.2. The van der Waals surface area contributed by atoms with Crippen molar-refractivity contribution in [1.29, 1.82) is 0 Å². The van der Waals surface area contributed by atoms with E-state index in [-0.39, 0.29) is 29.8 Å². The molecule has 1 N–H and O–H groups in total. The lowest BCUT2D eigenvalue weighted by Crippen LogP contribution is -2.47. The number of nitrogens with one attached hydrogen (secondary N) is 1. The smallest absolute Gasteiger partial charge is 0.243 e. The van der Waals surface area contributed by atoms with Gasteiger partial charge in [0.25, 0.3) is 0 Å². The predicted molar refractivity (Wildman–Crippen MR) is 140 cm³/mol. The Morgan fingerprint density at radius 3 is 2.23 bits per heavy atom. The molecule has 2 heterocycles. The molecule has 2 saturated heterocycles. The number of amides is 1. The number of likely N-dealkylation sites (tertiary alicyclic amines) is 1. The summed E-state index contributed by atoms with van der Waals surface area (Å²) in [6, 6.07) is 16.5. The Balaban J connectivity index is 1.47. The maximum atomic E-state index is 13.6. The number of nitrogens with zero attached hydrogens (tertiary/aromatic N) is 2. The van der Waals surface area contributed by atoms with Crippen LogP contribution in [0.3, 0.4) is 0 Å². The van der Waals surface area contributed by atoms with Crippen LogP contribution in [0.4, 0.5) is 0 Å². The Bertz CT molecular complexity index is 1080. The number of hydrogen-bond acceptors (Lipinski definition) is 4. The fraction of sp³-hybridized carbons (Fsp3) is 0.536. The fourth-order valence-corrected chi connectivity index (χ4v) is 7.22. The summed E-state index contributed by atoms with van der Waals surface area (Å²) in [6.07, 6.45) is 4.47. The first-order valence-corrected chi connectivity index (χ1v) is 14.4. The van der Waals surface area contributed by atoms with Gasteiger partial charge in [-0.3, -0.25) is 4.79 Å². The standard InChI is InChI=1S/C28H39N3O3S/c1-22-8-6-7-11-27(22)23(2)20-31(35(33,34)26-9-4-3-5-10-26)21-28(32)30-18-14-25(15-19-30)24-12-16-29-17-13-24/h3-11,23-25,29H,12-21H2,1-2H3. The molecular weight excluding hydrogens is 458 g/mol. The number of benzene rings is 2. The minimum Gasteiger partial charge on any atom is -0.342 e. The van der Waals surface area contributed by atoms with Gasteiger partial charge in [-0.25, -0.2) is 8.42 Å². The molecule has 1 amide bonds. The first kappa shape index (κ1) is 25.9. The van der Waals surface area contributed by atoms with Gasteiger partial charge in [0.2, 0.25) is 15.9 Å². The molecule has 0 aliphatic carbocycles. The minimum absolute atomic E-state index is 0.0341. The SMILES string of the molecule is Cc1ccccc1C(C)CN(CC(=O)N1CCC(C2CCNCC2)CC1)S(=O)(=O)c1ccccc1. The molecule has 0 radical (unpaired) electrons. The largest absolute Gasteiger partial charge is 0.342 e. The highest BCUT2D eigenvalue weighted by Gasteiger charge is 2.33. The van der Waals surface area contributed by atoms with E-state index in [0.717, 1.165) is 56.1 Å². The van der Waals surface area contributed by atoms with Gasteiger partial charge in [0.15, 0.2) is 0 Å². The van der Waals surface area contributed by atoms with Crippen LogP contribution in [0.15, 0.2) is 59.5 Å². The van der Waals surface area contributed by atoms with E-state index >= 15 is 0 Å². The van der Waals surface area contributed by atoms with E-state index in [1.165, 1.54) is 17.1 Å². The third kappa shape index (κ3) is 6.32. The van der Waals surface area contributed by atoms with Crippen molar-refractivity contribution in [3.05, 3.63) is 65.7 Å². The molecule has 1 atom stereocenters. The molecule has 2 aromatic carbocycles. The zero-order chi connectivity index (χ0) is 24.8. The maximum Gasteiger partial charge on any atom is 0.243 e. The van der Waals surface area contributed by atoms with E-state index in [1.807, 2.05) is 43.0 Å². The van der Waals surface area contributed by atoms with Gasteiger partial charge < -0.3 is 10.2 Å². The lowest BCUT2D eigenvalue weighted by Gasteiger charge is -2.38. The van der Waals surface area contributed by atoms with E-state index < -0.39 is 10.0 Å². The van der Waals surface area contributed by atoms with E-state index in [9.17, 15) is 13.2 Å². The summed E-state index contributed by atoms with van der Waals surface area (Å²) in [7, 11) is -3.80. The summed E-state index contributed by atoms with van der Waals surface area (Å²) in [5.74, 6) is 1.29. The number of piperidine rings is 2. The molecule has 6 nitrogen and oxygen atoms in total. The van der Waals surface area contributed by atoms with Crippen molar-refractivity contribution in [3.8, 4) is 0 Å². The summed E-state index contributed by atoms with van der Waals surface area (Å²) in [5.41, 5.74) is 2.24. The summed E-state index contributed by atoms with van der Waals surface area (Å²) in [6.45, 7) is 7.85. The number of carbonyl (C=O) groups excluding carboxylic acids is 1. The predicted octanol–water partition coefficient (Wildman–Crippen LogP) is 4.03. The zero-order valence-corrected chi connectivity index (χ0v) is 21.8. The average molecular weight is 498 g/mol. The van der Waals surface area contributed by atoms with Gasteiger partial charge in [0, 0.05) is 19.6 Å². The number of hydrogen-bond donors (Lipinski definition) is 1. The molecule has 0 aromatic heterocycles. The van der Waals surface area contributed by atoms with Crippen LogP contribution in [0, 0.1) is 18.8 Å². The third-order valence-electron chi connectivity index (χ3n) is 7.83. The van der Waals surface area contributed by atoms with Gasteiger partial charge in [-0.1, -0.05) is 49.4 Å². The summed E-state index contributed by atoms with van der Waals surface area (Å²) in [4.78, 5) is 15.5. The van der Waals surface area contributed by atoms with Crippen molar-refractivity contribution in [1.82, 2.24) is 14.5 Å². The van der Waals surface area contributed by atoms with Crippen molar-refractivity contribution in [2.75, 3.05) is 39.3 Å². The van der Waals surface area contributed by atoms with Crippen LogP contribution in [-0.2, 0) is 14.8 Å². The maximum absolute atomic E-state index is 13.6. The molecule has 2 aromatic rings. The van der Waals surface area contributed by atoms with Crippen molar-refractivity contribution < 1.29 is 13.2 Å². The molecule has 7 heteroatoms. The van der Waals surface area contributed by atoms with Crippen LogP contribution in [0.25, 0.3) is 0 Å². The Morgan fingerprint density at radius 1 is 0.971 bits per heavy atom. The fourth-order valence-electron chi connectivity index (χ4n) is 5.72. The van der Waals surface area contributed by atoms with Crippen LogP contribution >= 0.6 is 0 Å². The molecule has 2 fully saturated rings. The van der Waals surface area contributed by atoms with Gasteiger partial charge >= 0.3 is 0 Å². The lowest BCUT2D eigenvalue weighted by molar-refractivity contribution is -0.133. The van der Waals surface area contributed by atoms with E-state index in [1.54, 1.807) is 30.3 Å². The molecule has 0 bridgehead atoms.